The van der Waals surface area contributed by atoms with Crippen LogP contribution in [0, 0.1) is 0 Å². The number of amides is 2. The lowest BCUT2D eigenvalue weighted by Gasteiger charge is -2.00. The van der Waals surface area contributed by atoms with Gasteiger partial charge in [0.05, 0.1) is 0 Å². The minimum absolute atomic E-state index is 0.251. The molecule has 0 saturated carbocycles. The molecule has 0 spiro atoms. The number of carbonyl (C=O) groups excluding carboxylic acids is 2. The third kappa shape index (κ3) is 5.46. The number of hydrogen-bond donors (Lipinski definition) is 2. The fourth-order valence-electron chi connectivity index (χ4n) is 1.70. The van der Waals surface area contributed by atoms with Gasteiger partial charge in [-0.3, -0.25) is 9.59 Å². The minimum atomic E-state index is -0.251. The fraction of sp³-hybridized carbons (Fsp3) is 0. The summed E-state index contributed by atoms with van der Waals surface area (Å²) in [5.74, 6) is -0.501. The summed E-state index contributed by atoms with van der Waals surface area (Å²) in [5.41, 5.74) is 1.45. The van der Waals surface area contributed by atoms with Crippen LogP contribution in [0.2, 0.25) is 0 Å². The highest BCUT2D eigenvalue weighted by Crippen LogP contribution is 2.05. The largest absolute Gasteiger partial charge is 0.323 e. The molecule has 0 aliphatic heterocycles. The first-order chi connectivity index (χ1) is 10.7. The number of rotatable bonds is 5. The number of carbonyl (C=O) groups is 2. The summed E-state index contributed by atoms with van der Waals surface area (Å²) in [6.07, 6.45) is 5.75. The van der Waals surface area contributed by atoms with Gasteiger partial charge in [0.1, 0.15) is 0 Å². The van der Waals surface area contributed by atoms with E-state index in [1.165, 1.54) is 24.3 Å². The zero-order chi connectivity index (χ0) is 15.6. The van der Waals surface area contributed by atoms with Gasteiger partial charge in [-0.2, -0.15) is 0 Å². The second-order valence-electron chi connectivity index (χ2n) is 4.43. The van der Waals surface area contributed by atoms with E-state index in [0.717, 1.165) is 11.4 Å². The average Bonchev–Trinajstić information content (AvgIpc) is 2.53. The van der Waals surface area contributed by atoms with Crippen molar-refractivity contribution >= 4 is 23.2 Å². The summed E-state index contributed by atoms with van der Waals surface area (Å²) in [5, 5.41) is 5.42. The Morgan fingerprint density at radius 1 is 0.636 bits per heavy atom. The SMILES string of the molecule is O=C(/C=C/C=C/C(=O)Nc1ccccc1)Nc1ccccc1. The molecule has 2 N–H and O–H groups in total. The van der Waals surface area contributed by atoms with Crippen molar-refractivity contribution in [3.05, 3.63) is 85.0 Å². The van der Waals surface area contributed by atoms with Gasteiger partial charge in [0.15, 0.2) is 0 Å². The van der Waals surface area contributed by atoms with Gasteiger partial charge in [0.2, 0.25) is 11.8 Å². The van der Waals surface area contributed by atoms with Gasteiger partial charge in [-0.1, -0.05) is 48.6 Å². The van der Waals surface area contributed by atoms with Gasteiger partial charge in [0, 0.05) is 23.5 Å². The summed E-state index contributed by atoms with van der Waals surface area (Å²) in [6, 6.07) is 18.3. The van der Waals surface area contributed by atoms with Crippen LogP contribution in [0.5, 0.6) is 0 Å². The lowest BCUT2D eigenvalue weighted by atomic mass is 10.3. The van der Waals surface area contributed by atoms with Crippen LogP contribution in [0.4, 0.5) is 11.4 Å². The standard InChI is InChI=1S/C18H16N2O2/c21-17(19-15-9-3-1-4-10-15)13-7-8-14-18(22)20-16-11-5-2-6-12-16/h1-14H,(H,19,21)(H,20,22)/b13-7+,14-8+. The van der Waals surface area contributed by atoms with Crippen LogP contribution in [-0.4, -0.2) is 11.8 Å². The molecule has 0 saturated heterocycles. The molecule has 0 aliphatic rings. The van der Waals surface area contributed by atoms with Gasteiger partial charge in [-0.15, -0.1) is 0 Å². The van der Waals surface area contributed by atoms with Crippen molar-refractivity contribution in [1.29, 1.82) is 0 Å². The number of anilines is 2. The number of nitrogens with one attached hydrogen (secondary N) is 2. The maximum absolute atomic E-state index is 11.6. The zero-order valence-corrected chi connectivity index (χ0v) is 11.9. The first kappa shape index (κ1) is 15.3. The molecular formula is C18H16N2O2. The predicted molar refractivity (Wildman–Crippen MR) is 88.4 cm³/mol. The van der Waals surface area contributed by atoms with E-state index < -0.39 is 0 Å². The van der Waals surface area contributed by atoms with Crippen LogP contribution in [-0.2, 0) is 9.59 Å². The number of benzene rings is 2. The molecule has 2 amide bonds. The Kier molecular flexibility index (Phi) is 5.70. The topological polar surface area (TPSA) is 58.2 Å². The van der Waals surface area contributed by atoms with Crippen molar-refractivity contribution < 1.29 is 9.59 Å². The van der Waals surface area contributed by atoms with E-state index in [-0.39, 0.29) is 11.8 Å². The Bertz CT molecular complexity index is 615. The Balaban J connectivity index is 1.79. The molecule has 0 aliphatic carbocycles. The predicted octanol–water partition coefficient (Wildman–Crippen LogP) is 3.38. The van der Waals surface area contributed by atoms with Gasteiger partial charge >= 0.3 is 0 Å². The second kappa shape index (κ2) is 8.21. The summed E-state index contributed by atoms with van der Waals surface area (Å²) >= 11 is 0. The molecule has 110 valence electrons. The van der Waals surface area contributed by atoms with Gasteiger partial charge in [-0.05, 0) is 24.3 Å². The Morgan fingerprint density at radius 3 is 1.36 bits per heavy atom. The van der Waals surface area contributed by atoms with Crippen molar-refractivity contribution in [3.63, 3.8) is 0 Å². The molecule has 0 fully saturated rings. The molecule has 0 aromatic heterocycles. The number of allylic oxidation sites excluding steroid dienone is 2. The highest BCUT2D eigenvalue weighted by atomic mass is 16.2. The lowest BCUT2D eigenvalue weighted by molar-refractivity contribution is -0.112. The van der Waals surface area contributed by atoms with Gasteiger partial charge in [0.25, 0.3) is 0 Å². The average molecular weight is 292 g/mol. The monoisotopic (exact) mass is 292 g/mol. The van der Waals surface area contributed by atoms with Crippen LogP contribution in [0.25, 0.3) is 0 Å². The maximum atomic E-state index is 11.6. The Hall–Kier alpha value is -3.14. The smallest absolute Gasteiger partial charge is 0.248 e. The third-order valence-corrected chi connectivity index (χ3v) is 2.69. The van der Waals surface area contributed by atoms with Gasteiger partial charge in [-0.25, -0.2) is 0 Å². The molecule has 0 bridgehead atoms. The molecule has 4 nitrogen and oxygen atoms in total. The lowest BCUT2D eigenvalue weighted by Crippen LogP contribution is -2.08. The molecule has 0 unspecified atom stereocenters. The van der Waals surface area contributed by atoms with E-state index in [1.54, 1.807) is 24.3 Å². The van der Waals surface area contributed by atoms with Crippen LogP contribution in [0.15, 0.2) is 85.0 Å². The van der Waals surface area contributed by atoms with Crippen molar-refractivity contribution in [1.82, 2.24) is 0 Å². The highest BCUT2D eigenvalue weighted by molar-refractivity contribution is 6.01. The molecule has 22 heavy (non-hydrogen) atoms. The van der Waals surface area contributed by atoms with Crippen molar-refractivity contribution in [3.8, 4) is 0 Å². The van der Waals surface area contributed by atoms with E-state index in [1.807, 2.05) is 36.4 Å². The zero-order valence-electron chi connectivity index (χ0n) is 11.9. The van der Waals surface area contributed by atoms with E-state index in [9.17, 15) is 9.59 Å². The summed E-state index contributed by atoms with van der Waals surface area (Å²) in [4.78, 5) is 23.2. The molecule has 0 heterocycles. The number of para-hydroxylation sites is 2. The van der Waals surface area contributed by atoms with Crippen LogP contribution < -0.4 is 10.6 Å². The van der Waals surface area contributed by atoms with E-state index in [2.05, 4.69) is 10.6 Å². The third-order valence-electron chi connectivity index (χ3n) is 2.69. The number of hydrogen-bond acceptors (Lipinski definition) is 2. The van der Waals surface area contributed by atoms with Crippen molar-refractivity contribution in [2.75, 3.05) is 10.6 Å². The Morgan fingerprint density at radius 2 is 1.00 bits per heavy atom. The molecule has 0 radical (unpaired) electrons. The quantitative estimate of drug-likeness (QED) is 0.655. The first-order valence-corrected chi connectivity index (χ1v) is 6.81. The molecule has 2 rings (SSSR count). The molecule has 4 heteroatoms. The van der Waals surface area contributed by atoms with Crippen LogP contribution in [0.3, 0.4) is 0 Å². The fourth-order valence-corrected chi connectivity index (χ4v) is 1.70. The van der Waals surface area contributed by atoms with E-state index in [0.29, 0.717) is 0 Å². The Labute approximate surface area is 129 Å². The van der Waals surface area contributed by atoms with Crippen LogP contribution in [0.1, 0.15) is 0 Å². The van der Waals surface area contributed by atoms with Crippen molar-refractivity contribution in [2.45, 2.75) is 0 Å². The normalized spacial score (nSPS) is 10.7. The second-order valence-corrected chi connectivity index (χ2v) is 4.43. The van der Waals surface area contributed by atoms with E-state index in [4.69, 9.17) is 0 Å². The van der Waals surface area contributed by atoms with E-state index >= 15 is 0 Å². The summed E-state index contributed by atoms with van der Waals surface area (Å²) < 4.78 is 0. The summed E-state index contributed by atoms with van der Waals surface area (Å²) in [7, 11) is 0. The summed E-state index contributed by atoms with van der Waals surface area (Å²) in [6.45, 7) is 0. The van der Waals surface area contributed by atoms with Crippen LogP contribution >= 0.6 is 0 Å². The molecule has 0 atom stereocenters. The highest BCUT2D eigenvalue weighted by Gasteiger charge is 1.96. The van der Waals surface area contributed by atoms with Gasteiger partial charge < -0.3 is 10.6 Å². The molecule has 2 aromatic rings. The molecular weight excluding hydrogens is 276 g/mol. The minimum Gasteiger partial charge on any atom is -0.323 e. The maximum Gasteiger partial charge on any atom is 0.248 e. The molecule has 2 aromatic carbocycles. The van der Waals surface area contributed by atoms with Crippen molar-refractivity contribution in [2.24, 2.45) is 0 Å². The first-order valence-electron chi connectivity index (χ1n) is 6.81.